The van der Waals surface area contributed by atoms with Crippen molar-refractivity contribution in [1.29, 1.82) is 0 Å². The molecule has 1 fully saturated rings. The van der Waals surface area contributed by atoms with Gasteiger partial charge in [-0.3, -0.25) is 9.59 Å². The Morgan fingerprint density at radius 2 is 1.95 bits per heavy atom. The van der Waals surface area contributed by atoms with Crippen molar-refractivity contribution in [1.82, 2.24) is 5.32 Å². The molecule has 2 unspecified atom stereocenters. The van der Waals surface area contributed by atoms with Crippen LogP contribution in [0.3, 0.4) is 0 Å². The van der Waals surface area contributed by atoms with Crippen molar-refractivity contribution in [3.05, 3.63) is 35.4 Å². The Kier molecular flexibility index (Phi) is 5.37. The van der Waals surface area contributed by atoms with E-state index in [1.54, 1.807) is 0 Å². The van der Waals surface area contributed by atoms with Gasteiger partial charge in [-0.15, -0.1) is 0 Å². The van der Waals surface area contributed by atoms with Gasteiger partial charge < -0.3 is 10.4 Å². The molecule has 0 aliphatic heterocycles. The largest absolute Gasteiger partial charge is 0.481 e. The fourth-order valence-electron chi connectivity index (χ4n) is 3.07. The lowest BCUT2D eigenvalue weighted by atomic mass is 9.78. The first kappa shape index (κ1) is 15.5. The van der Waals surface area contributed by atoms with Crippen molar-refractivity contribution in [2.75, 3.05) is 6.54 Å². The molecule has 114 valence electrons. The molecule has 1 amide bonds. The van der Waals surface area contributed by atoms with Crippen LogP contribution in [0.4, 0.5) is 0 Å². The van der Waals surface area contributed by atoms with Gasteiger partial charge in [0.2, 0.25) is 5.91 Å². The third-order valence-electron chi connectivity index (χ3n) is 4.22. The summed E-state index contributed by atoms with van der Waals surface area (Å²) >= 11 is 0. The summed E-state index contributed by atoms with van der Waals surface area (Å²) in [6.45, 7) is 2.60. The van der Waals surface area contributed by atoms with Crippen molar-refractivity contribution >= 4 is 11.9 Å². The van der Waals surface area contributed by atoms with E-state index in [2.05, 4.69) is 11.4 Å². The van der Waals surface area contributed by atoms with Crippen LogP contribution in [0.25, 0.3) is 0 Å². The molecule has 2 N–H and O–H groups in total. The van der Waals surface area contributed by atoms with E-state index in [0.29, 0.717) is 19.4 Å². The lowest BCUT2D eigenvalue weighted by Crippen LogP contribution is -2.40. The number of carboxylic acid groups (broad SMARTS) is 1. The predicted octanol–water partition coefficient (Wildman–Crippen LogP) is 2.54. The molecule has 0 aromatic heterocycles. The Labute approximate surface area is 125 Å². The van der Waals surface area contributed by atoms with Crippen LogP contribution in [0.15, 0.2) is 24.3 Å². The number of rotatable bonds is 5. The van der Waals surface area contributed by atoms with E-state index in [-0.39, 0.29) is 11.8 Å². The molecule has 2 rings (SSSR count). The van der Waals surface area contributed by atoms with E-state index < -0.39 is 11.9 Å². The molecule has 0 radical (unpaired) electrons. The van der Waals surface area contributed by atoms with E-state index in [0.717, 1.165) is 19.3 Å². The number of carbonyl (C=O) groups is 2. The predicted molar refractivity (Wildman–Crippen MR) is 81.0 cm³/mol. The minimum atomic E-state index is -0.839. The first-order valence-corrected chi connectivity index (χ1v) is 7.64. The minimum absolute atomic E-state index is 0.102. The molecule has 4 heteroatoms. The number of aliphatic carboxylic acids is 1. The number of hydrogen-bond acceptors (Lipinski definition) is 2. The van der Waals surface area contributed by atoms with Crippen LogP contribution in [-0.4, -0.2) is 23.5 Å². The number of carbonyl (C=O) groups excluding carboxylic acids is 1. The molecule has 0 spiro atoms. The number of carboxylic acids is 1. The van der Waals surface area contributed by atoms with Crippen molar-refractivity contribution in [3.8, 4) is 0 Å². The Bertz CT molecular complexity index is 513. The molecule has 2 atom stereocenters. The Hall–Kier alpha value is -1.84. The number of hydrogen-bond donors (Lipinski definition) is 2. The molecular weight excluding hydrogens is 266 g/mol. The van der Waals surface area contributed by atoms with Crippen molar-refractivity contribution in [2.24, 2.45) is 11.8 Å². The molecule has 1 aliphatic rings. The monoisotopic (exact) mass is 289 g/mol. The highest BCUT2D eigenvalue weighted by atomic mass is 16.4. The fourth-order valence-corrected chi connectivity index (χ4v) is 3.07. The second kappa shape index (κ2) is 7.25. The van der Waals surface area contributed by atoms with E-state index in [1.165, 1.54) is 11.1 Å². The van der Waals surface area contributed by atoms with Gasteiger partial charge in [0.15, 0.2) is 0 Å². The summed E-state index contributed by atoms with van der Waals surface area (Å²) in [6.07, 6.45) is 3.93. The maximum absolute atomic E-state index is 12.2. The van der Waals surface area contributed by atoms with Crippen LogP contribution in [0.2, 0.25) is 0 Å². The summed E-state index contributed by atoms with van der Waals surface area (Å²) in [4.78, 5) is 23.4. The second-order valence-electron chi connectivity index (χ2n) is 5.87. The second-order valence-corrected chi connectivity index (χ2v) is 5.87. The molecule has 0 bridgehead atoms. The zero-order valence-electron chi connectivity index (χ0n) is 12.5. The van der Waals surface area contributed by atoms with E-state index >= 15 is 0 Å². The Morgan fingerprint density at radius 3 is 2.62 bits per heavy atom. The fraction of sp³-hybridized carbons (Fsp3) is 0.529. The standard InChI is InChI=1S/C17H23NO3/c1-12-5-4-6-13(11-12)9-10-18-16(19)14-7-2-3-8-15(14)17(20)21/h4-6,11,14-15H,2-3,7-10H2,1H3,(H,18,19)(H,20,21). The molecular formula is C17H23NO3. The summed E-state index contributed by atoms with van der Waals surface area (Å²) in [5.74, 6) is -1.82. The zero-order chi connectivity index (χ0) is 15.2. The summed E-state index contributed by atoms with van der Waals surface area (Å²) in [5.41, 5.74) is 2.39. The van der Waals surface area contributed by atoms with Crippen molar-refractivity contribution in [2.45, 2.75) is 39.0 Å². The van der Waals surface area contributed by atoms with Gasteiger partial charge in [-0.25, -0.2) is 0 Å². The van der Waals surface area contributed by atoms with Gasteiger partial charge in [-0.05, 0) is 31.7 Å². The number of amides is 1. The molecule has 21 heavy (non-hydrogen) atoms. The minimum Gasteiger partial charge on any atom is -0.481 e. The third-order valence-corrected chi connectivity index (χ3v) is 4.22. The lowest BCUT2D eigenvalue weighted by molar-refractivity contribution is -0.148. The zero-order valence-corrected chi connectivity index (χ0v) is 12.5. The van der Waals surface area contributed by atoms with Crippen molar-refractivity contribution in [3.63, 3.8) is 0 Å². The van der Waals surface area contributed by atoms with Crippen LogP contribution in [0.1, 0.15) is 36.8 Å². The molecule has 1 saturated carbocycles. The average Bonchev–Trinajstić information content (AvgIpc) is 2.47. The molecule has 1 aromatic rings. The highest BCUT2D eigenvalue weighted by Gasteiger charge is 2.35. The van der Waals surface area contributed by atoms with Gasteiger partial charge in [0, 0.05) is 6.54 Å². The maximum atomic E-state index is 12.2. The lowest BCUT2D eigenvalue weighted by Gasteiger charge is -2.27. The molecule has 1 aliphatic carbocycles. The molecule has 1 aromatic carbocycles. The Balaban J connectivity index is 1.84. The average molecular weight is 289 g/mol. The van der Waals surface area contributed by atoms with E-state index in [4.69, 9.17) is 0 Å². The number of benzene rings is 1. The van der Waals surface area contributed by atoms with Crippen molar-refractivity contribution < 1.29 is 14.7 Å². The van der Waals surface area contributed by atoms with Crippen LogP contribution < -0.4 is 5.32 Å². The smallest absolute Gasteiger partial charge is 0.307 e. The first-order chi connectivity index (χ1) is 10.1. The Morgan fingerprint density at radius 1 is 1.24 bits per heavy atom. The first-order valence-electron chi connectivity index (χ1n) is 7.64. The summed E-state index contributed by atoms with van der Waals surface area (Å²) in [6, 6.07) is 8.20. The van der Waals surface area contributed by atoms with Gasteiger partial charge >= 0.3 is 5.97 Å². The van der Waals surface area contributed by atoms with Gasteiger partial charge in [0.05, 0.1) is 11.8 Å². The van der Waals surface area contributed by atoms with Crippen LogP contribution in [0, 0.1) is 18.8 Å². The highest BCUT2D eigenvalue weighted by Crippen LogP contribution is 2.30. The summed E-state index contributed by atoms with van der Waals surface area (Å²) < 4.78 is 0. The quantitative estimate of drug-likeness (QED) is 0.875. The van der Waals surface area contributed by atoms with E-state index in [1.807, 2.05) is 25.1 Å². The van der Waals surface area contributed by atoms with Crippen LogP contribution in [0.5, 0.6) is 0 Å². The molecule has 0 saturated heterocycles. The maximum Gasteiger partial charge on any atom is 0.307 e. The third kappa shape index (κ3) is 4.31. The summed E-state index contributed by atoms with van der Waals surface area (Å²) in [5, 5.41) is 12.1. The molecule has 0 heterocycles. The van der Waals surface area contributed by atoms with Gasteiger partial charge in [0.25, 0.3) is 0 Å². The normalized spacial score (nSPS) is 21.8. The van der Waals surface area contributed by atoms with Gasteiger partial charge in [-0.1, -0.05) is 42.7 Å². The number of aryl methyl sites for hydroxylation is 1. The van der Waals surface area contributed by atoms with E-state index in [9.17, 15) is 14.7 Å². The number of nitrogens with one attached hydrogen (secondary N) is 1. The SMILES string of the molecule is Cc1cccc(CCNC(=O)C2CCCCC2C(=O)O)c1. The van der Waals surface area contributed by atoms with Crippen LogP contribution in [-0.2, 0) is 16.0 Å². The highest BCUT2D eigenvalue weighted by molar-refractivity contribution is 5.84. The summed E-state index contributed by atoms with van der Waals surface area (Å²) in [7, 11) is 0. The van der Waals surface area contributed by atoms with Crippen LogP contribution >= 0.6 is 0 Å². The topological polar surface area (TPSA) is 66.4 Å². The molecule has 4 nitrogen and oxygen atoms in total. The van der Waals surface area contributed by atoms with Gasteiger partial charge in [0.1, 0.15) is 0 Å². The van der Waals surface area contributed by atoms with Gasteiger partial charge in [-0.2, -0.15) is 0 Å².